The van der Waals surface area contributed by atoms with Gasteiger partial charge < -0.3 is 9.64 Å². The molecule has 1 saturated heterocycles. The van der Waals surface area contributed by atoms with Gasteiger partial charge in [0.25, 0.3) is 5.78 Å². The van der Waals surface area contributed by atoms with Crippen molar-refractivity contribution in [3.8, 4) is 0 Å². The average molecular weight is 343 g/mol. The summed E-state index contributed by atoms with van der Waals surface area (Å²) in [6, 6.07) is 0.271. The molecule has 134 valence electrons. The Morgan fingerprint density at radius 2 is 2.16 bits per heavy atom. The maximum absolute atomic E-state index is 12.9. The summed E-state index contributed by atoms with van der Waals surface area (Å²) >= 11 is 0. The molecule has 1 saturated carbocycles. The van der Waals surface area contributed by atoms with Crippen LogP contribution in [0.1, 0.15) is 49.1 Å². The highest BCUT2D eigenvalue weighted by molar-refractivity contribution is 5.77. The molecule has 7 heteroatoms. The van der Waals surface area contributed by atoms with E-state index in [9.17, 15) is 4.79 Å². The van der Waals surface area contributed by atoms with Gasteiger partial charge in [-0.3, -0.25) is 4.79 Å². The molecular formula is C18H25N5O2. The third kappa shape index (κ3) is 3.01. The molecule has 1 aliphatic carbocycles. The number of ether oxygens (including phenoxy) is 1. The molecule has 7 nitrogen and oxygen atoms in total. The number of nitrogens with zero attached hydrogens (tertiary/aromatic N) is 5. The van der Waals surface area contributed by atoms with Crippen LogP contribution in [-0.4, -0.2) is 55.7 Å². The van der Waals surface area contributed by atoms with Gasteiger partial charge in [-0.25, -0.2) is 9.50 Å². The summed E-state index contributed by atoms with van der Waals surface area (Å²) < 4.78 is 7.63. The number of aromatic nitrogens is 4. The summed E-state index contributed by atoms with van der Waals surface area (Å²) in [7, 11) is 0. The quantitative estimate of drug-likeness (QED) is 0.850. The van der Waals surface area contributed by atoms with Crippen molar-refractivity contribution in [3.05, 3.63) is 23.3 Å². The average Bonchev–Trinajstić information content (AvgIpc) is 3.09. The molecule has 2 atom stereocenters. The number of carbonyl (C=O) groups excluding carboxylic acids is 1. The van der Waals surface area contributed by atoms with Gasteiger partial charge in [-0.1, -0.05) is 12.8 Å². The molecule has 3 heterocycles. The normalized spacial score (nSPS) is 23.7. The number of carbonyl (C=O) groups is 1. The van der Waals surface area contributed by atoms with E-state index in [-0.39, 0.29) is 18.1 Å². The zero-order chi connectivity index (χ0) is 17.4. The molecular weight excluding hydrogens is 318 g/mol. The molecule has 1 amide bonds. The lowest BCUT2D eigenvalue weighted by Crippen LogP contribution is -2.54. The fraction of sp³-hybridized carbons (Fsp3) is 0.667. The van der Waals surface area contributed by atoms with Gasteiger partial charge in [0.15, 0.2) is 0 Å². The molecule has 2 aromatic rings. The molecule has 25 heavy (non-hydrogen) atoms. The maximum Gasteiger partial charge on any atom is 0.252 e. The highest BCUT2D eigenvalue weighted by Gasteiger charge is 2.36. The van der Waals surface area contributed by atoms with Crippen molar-refractivity contribution >= 4 is 11.7 Å². The molecule has 0 spiro atoms. The third-order valence-corrected chi connectivity index (χ3v) is 5.63. The maximum atomic E-state index is 12.9. The zero-order valence-corrected chi connectivity index (χ0v) is 14.9. The lowest BCUT2D eigenvalue weighted by atomic mass is 9.90. The molecule has 0 N–H and O–H groups in total. The van der Waals surface area contributed by atoms with Gasteiger partial charge in [-0.2, -0.15) is 10.1 Å². The first kappa shape index (κ1) is 16.4. The number of amides is 1. The predicted molar refractivity (Wildman–Crippen MR) is 92.3 cm³/mol. The standard InChI is InChI=1S/C18H25N5O2/c1-12-14(13(2)23-18(21-12)19-11-20-23)7-8-17(24)22-9-10-25-16-6-4-3-5-15(16)22/h11,15-16H,3-10H2,1-2H3. The summed E-state index contributed by atoms with van der Waals surface area (Å²) in [6.07, 6.45) is 7.51. The molecule has 0 aromatic carbocycles. The minimum absolute atomic E-state index is 0.234. The molecule has 1 aliphatic heterocycles. The molecule has 2 aromatic heterocycles. The molecule has 0 radical (unpaired) electrons. The van der Waals surface area contributed by atoms with Crippen LogP contribution < -0.4 is 0 Å². The van der Waals surface area contributed by atoms with E-state index in [2.05, 4.69) is 20.0 Å². The summed E-state index contributed by atoms with van der Waals surface area (Å²) in [6.45, 7) is 5.38. The van der Waals surface area contributed by atoms with Crippen molar-refractivity contribution in [1.29, 1.82) is 0 Å². The summed E-state index contributed by atoms with van der Waals surface area (Å²) in [5.41, 5.74) is 3.05. The van der Waals surface area contributed by atoms with Crippen molar-refractivity contribution in [1.82, 2.24) is 24.5 Å². The van der Waals surface area contributed by atoms with Crippen LogP contribution in [0.3, 0.4) is 0 Å². The van der Waals surface area contributed by atoms with E-state index in [1.165, 1.54) is 19.2 Å². The van der Waals surface area contributed by atoms with Gasteiger partial charge in [-0.05, 0) is 38.7 Å². The number of hydrogen-bond acceptors (Lipinski definition) is 5. The molecule has 0 bridgehead atoms. The minimum atomic E-state index is 0.234. The van der Waals surface area contributed by atoms with Crippen molar-refractivity contribution in [2.24, 2.45) is 0 Å². The smallest absolute Gasteiger partial charge is 0.252 e. The Kier molecular flexibility index (Phi) is 4.41. The Balaban J connectivity index is 1.48. The number of rotatable bonds is 3. The van der Waals surface area contributed by atoms with Gasteiger partial charge in [0.05, 0.1) is 18.8 Å². The first-order chi connectivity index (χ1) is 12.1. The molecule has 2 aliphatic rings. The topological polar surface area (TPSA) is 72.6 Å². The Hall–Kier alpha value is -2.02. The van der Waals surface area contributed by atoms with Crippen LogP contribution in [-0.2, 0) is 16.0 Å². The van der Waals surface area contributed by atoms with Gasteiger partial charge in [0, 0.05) is 24.4 Å². The number of hydrogen-bond donors (Lipinski definition) is 0. The van der Waals surface area contributed by atoms with E-state index in [0.29, 0.717) is 25.2 Å². The summed E-state index contributed by atoms with van der Waals surface area (Å²) in [5.74, 6) is 0.848. The van der Waals surface area contributed by atoms with Crippen molar-refractivity contribution in [2.45, 2.75) is 64.5 Å². The van der Waals surface area contributed by atoms with Crippen LogP contribution >= 0.6 is 0 Å². The van der Waals surface area contributed by atoms with E-state index >= 15 is 0 Å². The van der Waals surface area contributed by atoms with Gasteiger partial charge in [-0.15, -0.1) is 0 Å². The number of morpholine rings is 1. The SMILES string of the molecule is Cc1nc2ncnn2c(C)c1CCC(=O)N1CCOC2CCCCC21. The monoisotopic (exact) mass is 343 g/mol. The van der Waals surface area contributed by atoms with Crippen LogP contribution in [0.25, 0.3) is 5.78 Å². The molecule has 2 fully saturated rings. The van der Waals surface area contributed by atoms with Crippen molar-refractivity contribution in [2.75, 3.05) is 13.2 Å². The minimum Gasteiger partial charge on any atom is -0.374 e. The fourth-order valence-electron chi connectivity index (χ4n) is 4.30. The van der Waals surface area contributed by atoms with Crippen LogP contribution in [0.2, 0.25) is 0 Å². The summed E-state index contributed by atoms with van der Waals surface area (Å²) in [5, 5.41) is 4.22. The van der Waals surface area contributed by atoms with Crippen LogP contribution in [0.5, 0.6) is 0 Å². The van der Waals surface area contributed by atoms with E-state index in [0.717, 1.165) is 36.3 Å². The van der Waals surface area contributed by atoms with E-state index in [1.54, 1.807) is 4.52 Å². The number of fused-ring (bicyclic) bond motifs is 2. The van der Waals surface area contributed by atoms with Gasteiger partial charge >= 0.3 is 0 Å². The van der Waals surface area contributed by atoms with Gasteiger partial charge in [0.2, 0.25) is 5.91 Å². The number of aryl methyl sites for hydroxylation is 2. The highest BCUT2D eigenvalue weighted by atomic mass is 16.5. The molecule has 2 unspecified atom stereocenters. The fourth-order valence-corrected chi connectivity index (χ4v) is 4.30. The molecule has 4 rings (SSSR count). The van der Waals surface area contributed by atoms with Crippen LogP contribution in [0.15, 0.2) is 6.33 Å². The Morgan fingerprint density at radius 1 is 1.32 bits per heavy atom. The van der Waals surface area contributed by atoms with Crippen LogP contribution in [0, 0.1) is 13.8 Å². The lowest BCUT2D eigenvalue weighted by Gasteiger charge is -2.43. The zero-order valence-electron chi connectivity index (χ0n) is 14.9. The second kappa shape index (κ2) is 6.71. The largest absolute Gasteiger partial charge is 0.374 e. The Bertz CT molecular complexity index is 785. The van der Waals surface area contributed by atoms with Crippen LogP contribution in [0.4, 0.5) is 0 Å². The summed E-state index contributed by atoms with van der Waals surface area (Å²) in [4.78, 5) is 23.6. The first-order valence-electron chi connectivity index (χ1n) is 9.22. The first-order valence-corrected chi connectivity index (χ1v) is 9.22. The van der Waals surface area contributed by atoms with Crippen molar-refractivity contribution < 1.29 is 9.53 Å². The third-order valence-electron chi connectivity index (χ3n) is 5.63. The lowest BCUT2D eigenvalue weighted by molar-refractivity contribution is -0.149. The highest BCUT2D eigenvalue weighted by Crippen LogP contribution is 2.29. The Labute approximate surface area is 147 Å². The van der Waals surface area contributed by atoms with E-state index < -0.39 is 0 Å². The van der Waals surface area contributed by atoms with E-state index in [1.807, 2.05) is 13.8 Å². The second-order valence-electron chi connectivity index (χ2n) is 7.08. The predicted octanol–water partition coefficient (Wildman–Crippen LogP) is 1.84. The van der Waals surface area contributed by atoms with Gasteiger partial charge in [0.1, 0.15) is 6.33 Å². The van der Waals surface area contributed by atoms with Crippen molar-refractivity contribution in [3.63, 3.8) is 0 Å². The van der Waals surface area contributed by atoms with E-state index in [4.69, 9.17) is 4.74 Å². The second-order valence-corrected chi connectivity index (χ2v) is 7.08. The Morgan fingerprint density at radius 3 is 3.04 bits per heavy atom.